The third-order valence-corrected chi connectivity index (χ3v) is 14.4. The lowest BCUT2D eigenvalue weighted by molar-refractivity contribution is -0.185. The van der Waals surface area contributed by atoms with Crippen molar-refractivity contribution < 1.29 is 24.5 Å². The summed E-state index contributed by atoms with van der Waals surface area (Å²) in [7, 11) is 3.44. The van der Waals surface area contributed by atoms with Crippen molar-refractivity contribution in [1.82, 2.24) is 4.90 Å². The predicted molar refractivity (Wildman–Crippen MR) is 151 cm³/mol. The molecule has 1 unspecified atom stereocenters. The number of rotatable bonds is 3. The van der Waals surface area contributed by atoms with Crippen LogP contribution in [0, 0.1) is 56.7 Å². The molecule has 39 heavy (non-hydrogen) atoms. The number of aliphatic hydroxyl groups is 2. The van der Waals surface area contributed by atoms with E-state index in [0.29, 0.717) is 34.5 Å². The van der Waals surface area contributed by atoms with Crippen molar-refractivity contribution in [3.05, 3.63) is 0 Å². The van der Waals surface area contributed by atoms with E-state index < -0.39 is 6.10 Å². The van der Waals surface area contributed by atoms with E-state index in [4.69, 9.17) is 9.47 Å². The Hall–Kier alpha value is -0.850. The molecule has 222 valence electrons. The van der Waals surface area contributed by atoms with E-state index in [0.717, 1.165) is 32.1 Å². The molecule has 0 radical (unpaired) electrons. The van der Waals surface area contributed by atoms with Gasteiger partial charge in [-0.15, -0.1) is 0 Å². The number of fused-ring (bicyclic) bond motifs is 4. The number of nitrogens with zero attached hydrogens (tertiary/aromatic N) is 1. The lowest BCUT2D eigenvalue weighted by Gasteiger charge is -2.63. The first-order valence-electron chi connectivity index (χ1n) is 16.0. The third-order valence-electron chi connectivity index (χ3n) is 14.4. The van der Waals surface area contributed by atoms with Crippen molar-refractivity contribution in [1.29, 1.82) is 0 Å². The second kappa shape index (κ2) is 8.60. The van der Waals surface area contributed by atoms with Gasteiger partial charge < -0.3 is 24.6 Å². The number of hydrogen-bond acceptors (Lipinski definition) is 5. The Kier molecular flexibility index (Phi) is 6.23. The molecule has 1 amide bonds. The largest absolute Gasteiger partial charge is 0.443 e. The fourth-order valence-corrected chi connectivity index (χ4v) is 12.4. The van der Waals surface area contributed by atoms with Crippen LogP contribution in [0.1, 0.15) is 99.8 Å². The van der Waals surface area contributed by atoms with E-state index in [-0.39, 0.29) is 52.7 Å². The number of amides is 1. The van der Waals surface area contributed by atoms with Crippen molar-refractivity contribution in [3.63, 3.8) is 0 Å². The standard InChI is InChI=1S/C33H55NO5/c1-18(2)25(39-28(37)34(8)9)20-16-19(3)24-26(38-20)27(36)31(7)22-11-10-21-29(4,5)23(35)12-13-32(21)17-33(22,32)15-14-30(24,31)6/h18-27,35-36H,10-17H2,1-9H3/t19-,20-,21+,22+,23+,24+,25-,26+,27+,30-,31-,32?,33+/m1/s1. The minimum Gasteiger partial charge on any atom is -0.443 e. The predicted octanol–water partition coefficient (Wildman–Crippen LogP) is 5.88. The minimum absolute atomic E-state index is 0.0192. The number of carbonyl (C=O) groups excluding carboxylic acids is 1. The molecule has 6 fully saturated rings. The van der Waals surface area contributed by atoms with E-state index in [9.17, 15) is 15.0 Å². The van der Waals surface area contributed by atoms with Gasteiger partial charge in [0.1, 0.15) is 6.10 Å². The van der Waals surface area contributed by atoms with Crippen LogP contribution < -0.4 is 0 Å². The number of aliphatic hydroxyl groups excluding tert-OH is 2. The molecule has 1 heterocycles. The highest BCUT2D eigenvalue weighted by Gasteiger charge is 2.84. The summed E-state index contributed by atoms with van der Waals surface area (Å²) >= 11 is 0. The fraction of sp³-hybridized carbons (Fsp3) is 0.970. The Morgan fingerprint density at radius 2 is 1.62 bits per heavy atom. The molecule has 6 aliphatic rings. The fourth-order valence-electron chi connectivity index (χ4n) is 12.4. The van der Waals surface area contributed by atoms with Crippen molar-refractivity contribution in [2.75, 3.05) is 14.1 Å². The van der Waals surface area contributed by atoms with Gasteiger partial charge in [0.05, 0.1) is 24.4 Å². The van der Waals surface area contributed by atoms with Crippen LogP contribution >= 0.6 is 0 Å². The van der Waals surface area contributed by atoms with Crippen molar-refractivity contribution in [2.24, 2.45) is 56.7 Å². The van der Waals surface area contributed by atoms with Gasteiger partial charge in [0.25, 0.3) is 0 Å². The Balaban J connectivity index is 1.32. The quantitative estimate of drug-likeness (QED) is 0.463. The molecular weight excluding hydrogens is 490 g/mol. The van der Waals surface area contributed by atoms with E-state index >= 15 is 0 Å². The Bertz CT molecular complexity index is 1010. The molecule has 0 aromatic carbocycles. The zero-order valence-corrected chi connectivity index (χ0v) is 26.0. The van der Waals surface area contributed by atoms with Crippen LogP contribution in [-0.2, 0) is 9.47 Å². The molecule has 6 heteroatoms. The SMILES string of the molecule is CC(C)[C@@H](OC(=O)N(C)C)[C@H]1C[C@@H](C)[C@H]2[C@H](O1)[C@H](O)[C@@]1(C)[C@@H]3CC[C@H]4C(C)(C)[C@@H](O)CCC45C[C@@]35CC[C@]21C. The second-order valence-electron chi connectivity index (χ2n) is 16.6. The summed E-state index contributed by atoms with van der Waals surface area (Å²) < 4.78 is 12.9. The molecule has 0 aromatic rings. The number of hydrogen-bond donors (Lipinski definition) is 2. The second-order valence-corrected chi connectivity index (χ2v) is 16.6. The van der Waals surface area contributed by atoms with E-state index in [2.05, 4.69) is 48.5 Å². The van der Waals surface area contributed by atoms with E-state index in [1.54, 1.807) is 14.1 Å². The molecule has 6 nitrogen and oxygen atoms in total. The van der Waals surface area contributed by atoms with Gasteiger partial charge in [-0.1, -0.05) is 48.5 Å². The molecule has 13 atom stereocenters. The van der Waals surface area contributed by atoms with Gasteiger partial charge >= 0.3 is 6.09 Å². The van der Waals surface area contributed by atoms with Crippen LogP contribution in [0.25, 0.3) is 0 Å². The molecule has 5 aliphatic carbocycles. The first-order valence-corrected chi connectivity index (χ1v) is 16.0. The van der Waals surface area contributed by atoms with Crippen molar-refractivity contribution >= 4 is 6.09 Å². The highest BCUT2D eigenvalue weighted by Crippen LogP contribution is 2.89. The van der Waals surface area contributed by atoms with Crippen LogP contribution in [0.5, 0.6) is 0 Å². The molecule has 0 aromatic heterocycles. The average Bonchev–Trinajstić information content (AvgIpc) is 3.49. The van der Waals surface area contributed by atoms with Crippen LogP contribution in [0.4, 0.5) is 4.79 Å². The minimum atomic E-state index is -0.520. The molecule has 2 spiro atoms. The van der Waals surface area contributed by atoms with Crippen molar-refractivity contribution in [3.8, 4) is 0 Å². The first-order chi connectivity index (χ1) is 18.1. The summed E-state index contributed by atoms with van der Waals surface area (Å²) in [5.74, 6) is 1.90. The molecule has 5 saturated carbocycles. The maximum absolute atomic E-state index is 12.5. The highest BCUT2D eigenvalue weighted by molar-refractivity contribution is 5.67. The van der Waals surface area contributed by atoms with Gasteiger partial charge in [-0.25, -0.2) is 4.79 Å². The van der Waals surface area contributed by atoms with Gasteiger partial charge in [-0.3, -0.25) is 0 Å². The zero-order valence-electron chi connectivity index (χ0n) is 26.0. The molecule has 1 saturated heterocycles. The van der Waals surface area contributed by atoms with Gasteiger partial charge in [0.15, 0.2) is 0 Å². The number of carbonyl (C=O) groups is 1. The zero-order chi connectivity index (χ0) is 28.5. The highest BCUT2D eigenvalue weighted by atomic mass is 16.6. The lowest BCUT2D eigenvalue weighted by atomic mass is 9.41. The normalized spacial score (nSPS) is 53.9. The van der Waals surface area contributed by atoms with Crippen molar-refractivity contribution in [2.45, 2.75) is 130 Å². The third kappa shape index (κ3) is 3.34. The van der Waals surface area contributed by atoms with Gasteiger partial charge in [-0.05, 0) is 103 Å². The average molecular weight is 546 g/mol. The van der Waals surface area contributed by atoms with Crippen LogP contribution in [0.3, 0.4) is 0 Å². The number of ether oxygens (including phenoxy) is 2. The van der Waals surface area contributed by atoms with E-state index in [1.165, 1.54) is 24.2 Å². The molecule has 2 N–H and O–H groups in total. The molecule has 0 bridgehead atoms. The smallest absolute Gasteiger partial charge is 0.409 e. The Labute approximate surface area is 236 Å². The van der Waals surface area contributed by atoms with E-state index in [1.807, 2.05) is 0 Å². The Morgan fingerprint density at radius 3 is 2.26 bits per heavy atom. The summed E-state index contributed by atoms with van der Waals surface area (Å²) in [6, 6.07) is 0. The van der Waals surface area contributed by atoms with Gasteiger partial charge in [0, 0.05) is 19.5 Å². The summed E-state index contributed by atoms with van der Waals surface area (Å²) in [6.45, 7) is 16.1. The molecule has 6 rings (SSSR count). The van der Waals surface area contributed by atoms with Gasteiger partial charge in [-0.2, -0.15) is 0 Å². The topological polar surface area (TPSA) is 79.2 Å². The maximum atomic E-state index is 12.5. The van der Waals surface area contributed by atoms with Gasteiger partial charge in [0.2, 0.25) is 0 Å². The molecule has 1 aliphatic heterocycles. The summed E-state index contributed by atoms with van der Waals surface area (Å²) in [5, 5.41) is 23.4. The Morgan fingerprint density at radius 1 is 0.974 bits per heavy atom. The lowest BCUT2D eigenvalue weighted by Crippen LogP contribution is -2.59. The summed E-state index contributed by atoms with van der Waals surface area (Å²) in [6.07, 6.45) is 7.13. The van der Waals surface area contributed by atoms with Crippen LogP contribution in [0.15, 0.2) is 0 Å². The molecular formula is C33H55NO5. The first kappa shape index (κ1) is 28.3. The monoisotopic (exact) mass is 545 g/mol. The van der Waals surface area contributed by atoms with Crippen LogP contribution in [0.2, 0.25) is 0 Å². The maximum Gasteiger partial charge on any atom is 0.409 e. The summed E-state index contributed by atoms with van der Waals surface area (Å²) in [4.78, 5) is 14.0. The van der Waals surface area contributed by atoms with Crippen LogP contribution in [-0.4, -0.2) is 65.8 Å². The summed E-state index contributed by atoms with van der Waals surface area (Å²) in [5.41, 5.74) is 0.434.